The lowest BCUT2D eigenvalue weighted by molar-refractivity contribution is -0.207. The van der Waals surface area contributed by atoms with Gasteiger partial charge in [0.05, 0.1) is 6.04 Å². The summed E-state index contributed by atoms with van der Waals surface area (Å²) in [6.07, 6.45) is 5.75. The van der Waals surface area contributed by atoms with E-state index in [1.54, 1.807) is 5.06 Å². The molecule has 0 radical (unpaired) electrons. The Bertz CT molecular complexity index is 672. The zero-order valence-electron chi connectivity index (χ0n) is 13.8. The van der Waals surface area contributed by atoms with Gasteiger partial charge >= 0.3 is 0 Å². The second-order valence-corrected chi connectivity index (χ2v) is 7.65. The number of piperidine rings is 1. The molecule has 2 aromatic rings. The van der Waals surface area contributed by atoms with Gasteiger partial charge in [-0.1, -0.05) is 66.9 Å². The second-order valence-electron chi connectivity index (χ2n) is 7.22. The van der Waals surface area contributed by atoms with E-state index in [0.29, 0.717) is 11.8 Å². The van der Waals surface area contributed by atoms with E-state index in [9.17, 15) is 5.21 Å². The minimum absolute atomic E-state index is 0.0752. The Morgan fingerprint density at radius 1 is 0.875 bits per heavy atom. The molecule has 0 unspecified atom stereocenters. The van der Waals surface area contributed by atoms with Crippen molar-refractivity contribution in [3.63, 3.8) is 0 Å². The maximum Gasteiger partial charge on any atom is 0.0608 e. The Morgan fingerprint density at radius 3 is 2.33 bits per heavy atom. The fourth-order valence-electron chi connectivity index (χ4n) is 4.75. The molecule has 1 N–H and O–H groups in total. The second kappa shape index (κ2) is 6.87. The fraction of sp³-hybridized carbons (Fsp3) is 0.429. The van der Waals surface area contributed by atoms with Crippen LogP contribution >= 0.6 is 11.6 Å². The summed E-state index contributed by atoms with van der Waals surface area (Å²) in [5.74, 6) is 1.02. The number of nitrogens with zero attached hydrogens (tertiary/aromatic N) is 1. The van der Waals surface area contributed by atoms with Crippen molar-refractivity contribution in [1.29, 1.82) is 0 Å². The lowest BCUT2D eigenvalue weighted by Gasteiger charge is -2.49. The average Bonchev–Trinajstić information content (AvgIpc) is 2.64. The van der Waals surface area contributed by atoms with Crippen LogP contribution in [0.5, 0.6) is 0 Å². The van der Waals surface area contributed by atoms with Crippen LogP contribution in [0.15, 0.2) is 54.6 Å². The van der Waals surface area contributed by atoms with Crippen molar-refractivity contribution in [2.45, 2.75) is 50.1 Å². The maximum atomic E-state index is 10.9. The third-order valence-corrected chi connectivity index (χ3v) is 6.17. The number of hydroxylamine groups is 2. The van der Waals surface area contributed by atoms with E-state index in [0.717, 1.165) is 17.9 Å². The Balaban J connectivity index is 1.70. The molecule has 0 bridgehead atoms. The first-order chi connectivity index (χ1) is 11.7. The number of fused-ring (bicyclic) bond motifs is 1. The van der Waals surface area contributed by atoms with Crippen LogP contribution in [0.1, 0.15) is 55.2 Å². The summed E-state index contributed by atoms with van der Waals surface area (Å²) in [5.41, 5.74) is 2.58. The van der Waals surface area contributed by atoms with Crippen LogP contribution in [0, 0.1) is 5.92 Å². The predicted molar refractivity (Wildman–Crippen MR) is 97.4 cm³/mol. The van der Waals surface area contributed by atoms with Gasteiger partial charge in [-0.05, 0) is 54.4 Å². The molecule has 2 aromatic carbocycles. The summed E-state index contributed by atoms with van der Waals surface area (Å²) in [5, 5.41) is 13.4. The Morgan fingerprint density at radius 2 is 1.58 bits per heavy atom. The molecule has 0 spiro atoms. The van der Waals surface area contributed by atoms with Crippen molar-refractivity contribution in [1.82, 2.24) is 5.06 Å². The van der Waals surface area contributed by atoms with E-state index in [1.165, 1.54) is 30.4 Å². The number of rotatable bonds is 2. The third kappa shape index (κ3) is 2.99. The van der Waals surface area contributed by atoms with Crippen LogP contribution in [-0.4, -0.2) is 16.3 Å². The van der Waals surface area contributed by atoms with Crippen LogP contribution in [0.4, 0.5) is 0 Å². The van der Waals surface area contributed by atoms with Gasteiger partial charge in [0.15, 0.2) is 0 Å². The molecule has 4 rings (SSSR count). The molecule has 0 aromatic heterocycles. The SMILES string of the molecule is ON1[C@@H]2CCCC[C@@H]2[C@@H](c2ccc(Cl)cc2)C[C@H]1c1ccccc1. The highest BCUT2D eigenvalue weighted by molar-refractivity contribution is 6.30. The summed E-state index contributed by atoms with van der Waals surface area (Å²) in [6.45, 7) is 0. The summed E-state index contributed by atoms with van der Waals surface area (Å²) in [4.78, 5) is 0. The monoisotopic (exact) mass is 341 g/mol. The van der Waals surface area contributed by atoms with Gasteiger partial charge in [0.1, 0.15) is 0 Å². The molecule has 2 nitrogen and oxygen atoms in total. The molecule has 0 amide bonds. The summed E-state index contributed by atoms with van der Waals surface area (Å²) in [7, 11) is 0. The van der Waals surface area contributed by atoms with E-state index in [2.05, 4.69) is 36.4 Å². The van der Waals surface area contributed by atoms with E-state index < -0.39 is 0 Å². The van der Waals surface area contributed by atoms with E-state index in [-0.39, 0.29) is 12.1 Å². The van der Waals surface area contributed by atoms with Crippen molar-refractivity contribution in [3.8, 4) is 0 Å². The zero-order chi connectivity index (χ0) is 16.5. The van der Waals surface area contributed by atoms with Crippen LogP contribution in [0.2, 0.25) is 5.02 Å². The third-order valence-electron chi connectivity index (χ3n) is 5.92. The quantitative estimate of drug-likeness (QED) is 0.744. The summed E-state index contributed by atoms with van der Waals surface area (Å²) >= 11 is 6.09. The van der Waals surface area contributed by atoms with Crippen LogP contribution in [-0.2, 0) is 0 Å². The van der Waals surface area contributed by atoms with Gasteiger partial charge < -0.3 is 5.21 Å². The minimum Gasteiger partial charge on any atom is -0.313 e. The van der Waals surface area contributed by atoms with Crippen molar-refractivity contribution < 1.29 is 5.21 Å². The Hall–Kier alpha value is -1.35. The highest BCUT2D eigenvalue weighted by Crippen LogP contribution is 2.49. The molecule has 3 heteroatoms. The van der Waals surface area contributed by atoms with Crippen molar-refractivity contribution >= 4 is 11.6 Å². The average molecular weight is 342 g/mol. The van der Waals surface area contributed by atoms with E-state index in [4.69, 9.17) is 11.6 Å². The smallest absolute Gasteiger partial charge is 0.0608 e. The molecule has 2 fully saturated rings. The first-order valence-corrected chi connectivity index (χ1v) is 9.39. The van der Waals surface area contributed by atoms with Gasteiger partial charge in [-0.3, -0.25) is 0 Å². The van der Waals surface area contributed by atoms with Gasteiger partial charge in [-0.2, -0.15) is 5.06 Å². The number of hydrogen-bond donors (Lipinski definition) is 1. The summed E-state index contributed by atoms with van der Waals surface area (Å²) < 4.78 is 0. The molecular weight excluding hydrogens is 318 g/mol. The highest BCUT2D eigenvalue weighted by Gasteiger charge is 2.44. The van der Waals surface area contributed by atoms with Gasteiger partial charge in [0.2, 0.25) is 0 Å². The van der Waals surface area contributed by atoms with Gasteiger partial charge in [0, 0.05) is 11.1 Å². The topological polar surface area (TPSA) is 23.5 Å². The molecular formula is C21H24ClNO. The number of halogens is 1. The lowest BCUT2D eigenvalue weighted by Crippen LogP contribution is -2.49. The molecule has 1 aliphatic carbocycles. The van der Waals surface area contributed by atoms with E-state index in [1.807, 2.05) is 18.2 Å². The molecule has 1 saturated heterocycles. The fourth-order valence-corrected chi connectivity index (χ4v) is 4.88. The van der Waals surface area contributed by atoms with Crippen molar-refractivity contribution in [2.75, 3.05) is 0 Å². The van der Waals surface area contributed by atoms with Crippen LogP contribution in [0.25, 0.3) is 0 Å². The molecule has 1 saturated carbocycles. The molecule has 4 atom stereocenters. The van der Waals surface area contributed by atoms with Crippen molar-refractivity contribution in [2.24, 2.45) is 5.92 Å². The molecule has 24 heavy (non-hydrogen) atoms. The first kappa shape index (κ1) is 16.1. The summed E-state index contributed by atoms with van der Waals surface area (Å²) in [6, 6.07) is 19.1. The van der Waals surface area contributed by atoms with Gasteiger partial charge in [0.25, 0.3) is 0 Å². The Kier molecular flexibility index (Phi) is 4.62. The Labute approximate surface area is 149 Å². The zero-order valence-corrected chi connectivity index (χ0v) is 14.6. The minimum atomic E-state index is 0.0752. The van der Waals surface area contributed by atoms with E-state index >= 15 is 0 Å². The molecule has 1 heterocycles. The number of benzene rings is 2. The highest BCUT2D eigenvalue weighted by atomic mass is 35.5. The van der Waals surface area contributed by atoms with Gasteiger partial charge in [-0.15, -0.1) is 0 Å². The van der Waals surface area contributed by atoms with Crippen LogP contribution < -0.4 is 0 Å². The lowest BCUT2D eigenvalue weighted by atomic mass is 9.67. The molecule has 2 aliphatic rings. The number of hydrogen-bond acceptors (Lipinski definition) is 2. The normalized spacial score (nSPS) is 30.8. The largest absolute Gasteiger partial charge is 0.313 e. The van der Waals surface area contributed by atoms with Crippen molar-refractivity contribution in [3.05, 3.63) is 70.7 Å². The maximum absolute atomic E-state index is 10.9. The van der Waals surface area contributed by atoms with Crippen LogP contribution in [0.3, 0.4) is 0 Å². The predicted octanol–water partition coefficient (Wildman–Crippen LogP) is 5.82. The first-order valence-electron chi connectivity index (χ1n) is 9.01. The standard InChI is InChI=1S/C21H24ClNO/c22-17-12-10-15(11-13-17)19-14-21(16-6-2-1-3-7-16)23(24)20-9-5-4-8-18(19)20/h1-3,6-7,10-13,18-21,24H,4-5,8-9,14H2/t18-,19-,20-,21+/m1/s1. The molecule has 1 aliphatic heterocycles. The van der Waals surface area contributed by atoms with Gasteiger partial charge in [-0.25, -0.2) is 0 Å². The molecule has 126 valence electrons.